The Labute approximate surface area is 242 Å². The SMILES string of the molecule is CC1(C)c2ccccc2-c2cc(-c3ccc(-n4c5ccccc5c5ccc6c7ccccc7sc6c54)cc3)ccc21. The lowest BCUT2D eigenvalue weighted by Gasteiger charge is -2.21. The van der Waals surface area contributed by atoms with E-state index in [2.05, 4.69) is 146 Å². The predicted octanol–water partition coefficient (Wildman–Crippen LogP) is 11.1. The third-order valence-corrected chi connectivity index (χ3v) is 10.4. The van der Waals surface area contributed by atoms with Gasteiger partial charge in [-0.15, -0.1) is 11.3 Å². The topological polar surface area (TPSA) is 4.93 Å². The molecule has 0 atom stereocenters. The maximum absolute atomic E-state index is 2.47. The van der Waals surface area contributed by atoms with Gasteiger partial charge in [-0.2, -0.15) is 0 Å². The lowest BCUT2D eigenvalue weighted by atomic mass is 9.82. The van der Waals surface area contributed by atoms with Gasteiger partial charge in [0.05, 0.1) is 15.7 Å². The van der Waals surface area contributed by atoms with Crippen LogP contribution in [-0.4, -0.2) is 4.57 Å². The molecule has 2 aromatic heterocycles. The van der Waals surface area contributed by atoms with E-state index in [1.54, 1.807) is 0 Å². The molecular weight excluding hydrogens is 515 g/mol. The Morgan fingerprint density at radius 3 is 2.10 bits per heavy atom. The van der Waals surface area contributed by atoms with Gasteiger partial charge in [0.15, 0.2) is 0 Å². The van der Waals surface area contributed by atoms with E-state index < -0.39 is 0 Å². The zero-order chi connectivity index (χ0) is 27.3. The van der Waals surface area contributed by atoms with Gasteiger partial charge in [-0.1, -0.05) is 111 Å². The summed E-state index contributed by atoms with van der Waals surface area (Å²) in [6.07, 6.45) is 0. The number of fused-ring (bicyclic) bond motifs is 10. The summed E-state index contributed by atoms with van der Waals surface area (Å²) in [6.45, 7) is 4.68. The molecule has 0 aliphatic heterocycles. The Hall–Kier alpha value is -4.66. The first-order valence-electron chi connectivity index (χ1n) is 14.3. The van der Waals surface area contributed by atoms with Gasteiger partial charge in [-0.3, -0.25) is 0 Å². The Morgan fingerprint density at radius 1 is 0.537 bits per heavy atom. The third-order valence-electron chi connectivity index (χ3n) is 9.22. The first kappa shape index (κ1) is 23.1. The zero-order valence-corrected chi connectivity index (χ0v) is 23.8. The molecule has 0 saturated heterocycles. The Balaban J connectivity index is 1.23. The van der Waals surface area contributed by atoms with E-state index in [1.807, 2.05) is 11.3 Å². The van der Waals surface area contributed by atoms with Crippen molar-refractivity contribution in [2.24, 2.45) is 0 Å². The van der Waals surface area contributed by atoms with Gasteiger partial charge in [0.25, 0.3) is 0 Å². The lowest BCUT2D eigenvalue weighted by molar-refractivity contribution is 0.660. The van der Waals surface area contributed by atoms with E-state index in [4.69, 9.17) is 0 Å². The first-order chi connectivity index (χ1) is 20.1. The average molecular weight is 542 g/mol. The molecule has 0 bridgehead atoms. The van der Waals surface area contributed by atoms with E-state index >= 15 is 0 Å². The van der Waals surface area contributed by atoms with Crippen LogP contribution in [0.15, 0.2) is 127 Å². The van der Waals surface area contributed by atoms with E-state index in [0.29, 0.717) is 0 Å². The summed E-state index contributed by atoms with van der Waals surface area (Å²) in [5, 5.41) is 5.28. The van der Waals surface area contributed by atoms with Gasteiger partial charge >= 0.3 is 0 Å². The van der Waals surface area contributed by atoms with Gasteiger partial charge in [0, 0.05) is 37.3 Å². The summed E-state index contributed by atoms with van der Waals surface area (Å²) < 4.78 is 5.15. The van der Waals surface area contributed by atoms with Gasteiger partial charge in [0.2, 0.25) is 0 Å². The van der Waals surface area contributed by atoms with Crippen LogP contribution in [0.2, 0.25) is 0 Å². The smallest absolute Gasteiger partial charge is 0.0719 e. The quantitative estimate of drug-likeness (QED) is 0.205. The highest BCUT2D eigenvalue weighted by atomic mass is 32.1. The molecule has 0 saturated carbocycles. The number of aromatic nitrogens is 1. The number of para-hydroxylation sites is 1. The van der Waals surface area contributed by atoms with Crippen molar-refractivity contribution in [1.82, 2.24) is 4.57 Å². The number of benzene rings is 6. The molecule has 1 nitrogen and oxygen atoms in total. The molecule has 0 N–H and O–H groups in total. The minimum absolute atomic E-state index is 0.0305. The molecule has 0 fully saturated rings. The molecule has 194 valence electrons. The summed E-state index contributed by atoms with van der Waals surface area (Å²) >= 11 is 1.90. The van der Waals surface area contributed by atoms with Crippen molar-refractivity contribution in [3.8, 4) is 27.9 Å². The predicted molar refractivity (Wildman–Crippen MR) is 177 cm³/mol. The van der Waals surface area contributed by atoms with Crippen molar-refractivity contribution in [3.05, 3.63) is 139 Å². The minimum Gasteiger partial charge on any atom is -0.308 e. The van der Waals surface area contributed by atoms with E-state index in [-0.39, 0.29) is 5.41 Å². The Morgan fingerprint density at radius 2 is 1.22 bits per heavy atom. The van der Waals surface area contributed by atoms with E-state index in [9.17, 15) is 0 Å². The molecule has 1 aliphatic rings. The number of thiophene rings is 1. The molecule has 2 heterocycles. The van der Waals surface area contributed by atoms with Crippen LogP contribution in [0, 0.1) is 0 Å². The number of hydrogen-bond acceptors (Lipinski definition) is 1. The van der Waals surface area contributed by atoms with Crippen LogP contribution < -0.4 is 0 Å². The monoisotopic (exact) mass is 541 g/mol. The summed E-state index contributed by atoms with van der Waals surface area (Å²) in [7, 11) is 0. The molecular formula is C39H27NS. The van der Waals surface area contributed by atoms with Crippen LogP contribution in [0.3, 0.4) is 0 Å². The van der Waals surface area contributed by atoms with Crippen LogP contribution in [0.4, 0.5) is 0 Å². The molecule has 0 spiro atoms. The van der Waals surface area contributed by atoms with E-state index in [1.165, 1.54) is 81.0 Å². The van der Waals surface area contributed by atoms with Crippen molar-refractivity contribution >= 4 is 53.3 Å². The van der Waals surface area contributed by atoms with Gasteiger partial charge in [0.1, 0.15) is 0 Å². The standard InChI is InChI=1S/C39H27NS/c1-39(2)33-12-6-3-9-27(33)32-23-25(17-22-34(32)39)24-15-18-26(19-16-24)40-35-13-7-4-10-28(35)30-20-21-31-29-11-5-8-14-36(29)41-38(31)37(30)40/h3-23H,1-2H3. The highest BCUT2D eigenvalue weighted by molar-refractivity contribution is 7.26. The maximum Gasteiger partial charge on any atom is 0.0719 e. The largest absolute Gasteiger partial charge is 0.308 e. The zero-order valence-electron chi connectivity index (χ0n) is 23.0. The molecule has 0 amide bonds. The molecule has 0 radical (unpaired) electrons. The molecule has 6 aromatic carbocycles. The van der Waals surface area contributed by atoms with E-state index in [0.717, 1.165) is 0 Å². The Kier molecular flexibility index (Phi) is 4.61. The lowest BCUT2D eigenvalue weighted by Crippen LogP contribution is -2.14. The van der Waals surface area contributed by atoms with Gasteiger partial charge < -0.3 is 4.57 Å². The highest BCUT2D eigenvalue weighted by Gasteiger charge is 2.35. The van der Waals surface area contributed by atoms with Crippen molar-refractivity contribution < 1.29 is 0 Å². The molecule has 1 aliphatic carbocycles. The fourth-order valence-electron chi connectivity index (χ4n) is 7.20. The molecule has 9 rings (SSSR count). The summed E-state index contributed by atoms with van der Waals surface area (Å²) in [6, 6.07) is 47.2. The highest BCUT2D eigenvalue weighted by Crippen LogP contribution is 2.49. The molecule has 0 unspecified atom stereocenters. The molecule has 8 aromatic rings. The number of hydrogen-bond donors (Lipinski definition) is 0. The fraction of sp³-hybridized carbons (Fsp3) is 0.0769. The van der Waals surface area contributed by atoms with Crippen LogP contribution in [0.25, 0.3) is 69.9 Å². The van der Waals surface area contributed by atoms with Crippen molar-refractivity contribution in [2.75, 3.05) is 0 Å². The van der Waals surface area contributed by atoms with Crippen LogP contribution in [0.1, 0.15) is 25.0 Å². The molecule has 41 heavy (non-hydrogen) atoms. The third kappa shape index (κ3) is 3.11. The molecule has 2 heteroatoms. The van der Waals surface area contributed by atoms with Crippen molar-refractivity contribution in [1.29, 1.82) is 0 Å². The van der Waals surface area contributed by atoms with Crippen molar-refractivity contribution in [2.45, 2.75) is 19.3 Å². The second-order valence-electron chi connectivity index (χ2n) is 11.8. The Bertz CT molecular complexity index is 2330. The normalized spacial score (nSPS) is 13.8. The summed E-state index contributed by atoms with van der Waals surface area (Å²) in [4.78, 5) is 0. The average Bonchev–Trinajstić information content (AvgIpc) is 3.63. The van der Waals surface area contributed by atoms with Crippen LogP contribution >= 0.6 is 11.3 Å². The number of rotatable bonds is 2. The first-order valence-corrected chi connectivity index (χ1v) is 15.1. The summed E-state index contributed by atoms with van der Waals surface area (Å²) in [5.74, 6) is 0. The van der Waals surface area contributed by atoms with Gasteiger partial charge in [-0.25, -0.2) is 0 Å². The second kappa shape index (κ2) is 8.19. The van der Waals surface area contributed by atoms with Crippen molar-refractivity contribution in [3.63, 3.8) is 0 Å². The summed E-state index contributed by atoms with van der Waals surface area (Å²) in [5.41, 5.74) is 11.8. The maximum atomic E-state index is 2.47. The van der Waals surface area contributed by atoms with Gasteiger partial charge in [-0.05, 0) is 63.7 Å². The number of nitrogens with zero attached hydrogens (tertiary/aromatic N) is 1. The van der Waals surface area contributed by atoms with Crippen LogP contribution in [-0.2, 0) is 5.41 Å². The fourth-order valence-corrected chi connectivity index (χ4v) is 8.44. The van der Waals surface area contributed by atoms with Crippen LogP contribution in [0.5, 0.6) is 0 Å². The second-order valence-corrected chi connectivity index (χ2v) is 12.8. The minimum atomic E-state index is 0.0305.